The summed E-state index contributed by atoms with van der Waals surface area (Å²) in [6.07, 6.45) is 3.60. The highest BCUT2D eigenvalue weighted by molar-refractivity contribution is 5.28. The van der Waals surface area contributed by atoms with Crippen LogP contribution < -0.4 is 5.32 Å². The Bertz CT molecular complexity index is 358. The van der Waals surface area contributed by atoms with Crippen molar-refractivity contribution in [2.24, 2.45) is 5.92 Å². The predicted octanol–water partition coefficient (Wildman–Crippen LogP) is 3.46. The van der Waals surface area contributed by atoms with E-state index < -0.39 is 0 Å². The molecule has 1 N–H and O–H groups in total. The van der Waals surface area contributed by atoms with Crippen molar-refractivity contribution in [3.63, 3.8) is 0 Å². The second-order valence-corrected chi connectivity index (χ2v) is 5.33. The molecular weight excluding hydrogens is 222 g/mol. The molecule has 2 unspecified atom stereocenters. The minimum Gasteiger partial charge on any atom is -0.381 e. The number of hydrogen-bond acceptors (Lipinski definition) is 2. The smallest absolute Gasteiger partial charge is 0.0495 e. The Morgan fingerprint density at radius 1 is 1.39 bits per heavy atom. The standard InChI is InChI=1S/C16H25NO/c1-3-9-17-16(11-14-8-10-18-12-14)15-7-5-4-6-13(15)2/h4-7,14,16-17H,3,8-12H2,1-2H3. The van der Waals surface area contributed by atoms with Gasteiger partial charge >= 0.3 is 0 Å². The van der Waals surface area contributed by atoms with Gasteiger partial charge in [0.1, 0.15) is 0 Å². The van der Waals surface area contributed by atoms with E-state index in [1.54, 1.807) is 0 Å². The lowest BCUT2D eigenvalue weighted by Crippen LogP contribution is -2.25. The van der Waals surface area contributed by atoms with Crippen LogP contribution in [0.1, 0.15) is 43.4 Å². The lowest BCUT2D eigenvalue weighted by molar-refractivity contribution is 0.181. The maximum atomic E-state index is 5.50. The van der Waals surface area contributed by atoms with Gasteiger partial charge in [0.15, 0.2) is 0 Å². The summed E-state index contributed by atoms with van der Waals surface area (Å²) in [4.78, 5) is 0. The molecule has 1 aromatic rings. The fraction of sp³-hybridized carbons (Fsp3) is 0.625. The molecule has 2 rings (SSSR count). The lowest BCUT2D eigenvalue weighted by atomic mass is 9.91. The topological polar surface area (TPSA) is 21.3 Å². The SMILES string of the molecule is CCCNC(CC1CCOC1)c1ccccc1C. The van der Waals surface area contributed by atoms with Gasteiger partial charge in [-0.25, -0.2) is 0 Å². The molecule has 2 nitrogen and oxygen atoms in total. The van der Waals surface area contributed by atoms with E-state index in [0.717, 1.165) is 25.7 Å². The van der Waals surface area contributed by atoms with E-state index in [1.807, 2.05) is 0 Å². The van der Waals surface area contributed by atoms with Crippen LogP contribution in [0, 0.1) is 12.8 Å². The van der Waals surface area contributed by atoms with Crippen LogP contribution in [-0.2, 0) is 4.74 Å². The first-order chi connectivity index (χ1) is 8.81. The Balaban J connectivity index is 2.06. The van der Waals surface area contributed by atoms with E-state index in [0.29, 0.717) is 6.04 Å². The average molecular weight is 247 g/mol. The maximum absolute atomic E-state index is 5.50. The van der Waals surface area contributed by atoms with E-state index in [9.17, 15) is 0 Å². The molecule has 0 amide bonds. The third-order valence-electron chi connectivity index (χ3n) is 3.80. The molecule has 1 aliphatic heterocycles. The second-order valence-electron chi connectivity index (χ2n) is 5.33. The van der Waals surface area contributed by atoms with Crippen LogP contribution in [0.2, 0.25) is 0 Å². The van der Waals surface area contributed by atoms with Crippen molar-refractivity contribution in [2.75, 3.05) is 19.8 Å². The van der Waals surface area contributed by atoms with Gasteiger partial charge in [0.25, 0.3) is 0 Å². The molecule has 1 fully saturated rings. The van der Waals surface area contributed by atoms with Crippen LogP contribution >= 0.6 is 0 Å². The molecule has 0 bridgehead atoms. The molecule has 0 spiro atoms. The van der Waals surface area contributed by atoms with Gasteiger partial charge in [0, 0.05) is 19.3 Å². The van der Waals surface area contributed by atoms with Crippen LogP contribution in [0.5, 0.6) is 0 Å². The highest BCUT2D eigenvalue weighted by Gasteiger charge is 2.22. The van der Waals surface area contributed by atoms with Gasteiger partial charge in [-0.15, -0.1) is 0 Å². The third kappa shape index (κ3) is 3.56. The predicted molar refractivity (Wildman–Crippen MR) is 75.8 cm³/mol. The van der Waals surface area contributed by atoms with E-state index in [-0.39, 0.29) is 0 Å². The number of ether oxygens (including phenoxy) is 1. The van der Waals surface area contributed by atoms with Crippen LogP contribution in [0.15, 0.2) is 24.3 Å². The number of aryl methyl sites for hydroxylation is 1. The number of rotatable bonds is 6. The van der Waals surface area contributed by atoms with Crippen LogP contribution in [-0.4, -0.2) is 19.8 Å². The second kappa shape index (κ2) is 6.91. The van der Waals surface area contributed by atoms with E-state index >= 15 is 0 Å². The van der Waals surface area contributed by atoms with Crippen LogP contribution in [0.25, 0.3) is 0 Å². The molecule has 0 saturated carbocycles. The Morgan fingerprint density at radius 3 is 2.89 bits per heavy atom. The molecular formula is C16H25NO. The molecule has 0 aliphatic carbocycles. The fourth-order valence-electron chi connectivity index (χ4n) is 2.72. The summed E-state index contributed by atoms with van der Waals surface area (Å²) < 4.78 is 5.50. The quantitative estimate of drug-likeness (QED) is 0.831. The zero-order valence-corrected chi connectivity index (χ0v) is 11.6. The highest BCUT2D eigenvalue weighted by Crippen LogP contribution is 2.28. The number of hydrogen-bond donors (Lipinski definition) is 1. The molecule has 1 aliphatic rings. The molecule has 1 saturated heterocycles. The van der Waals surface area contributed by atoms with Gasteiger partial charge in [-0.3, -0.25) is 0 Å². The zero-order valence-electron chi connectivity index (χ0n) is 11.6. The normalized spacial score (nSPS) is 21.1. The average Bonchev–Trinajstić information content (AvgIpc) is 2.88. The van der Waals surface area contributed by atoms with Crippen molar-refractivity contribution in [3.8, 4) is 0 Å². The van der Waals surface area contributed by atoms with Gasteiger partial charge in [-0.1, -0.05) is 31.2 Å². The molecule has 100 valence electrons. The maximum Gasteiger partial charge on any atom is 0.0495 e. The van der Waals surface area contributed by atoms with Gasteiger partial charge < -0.3 is 10.1 Å². The Morgan fingerprint density at radius 2 is 2.22 bits per heavy atom. The Labute approximate surface area is 111 Å². The Hall–Kier alpha value is -0.860. The van der Waals surface area contributed by atoms with Crippen LogP contribution in [0.4, 0.5) is 0 Å². The monoisotopic (exact) mass is 247 g/mol. The first-order valence-corrected chi connectivity index (χ1v) is 7.18. The van der Waals surface area contributed by atoms with Gasteiger partial charge in [-0.2, -0.15) is 0 Å². The molecule has 0 aromatic heterocycles. The van der Waals surface area contributed by atoms with Crippen molar-refractivity contribution in [3.05, 3.63) is 35.4 Å². The van der Waals surface area contributed by atoms with Crippen LogP contribution in [0.3, 0.4) is 0 Å². The molecule has 1 aromatic carbocycles. The minimum atomic E-state index is 0.484. The van der Waals surface area contributed by atoms with Crippen molar-refractivity contribution in [2.45, 2.75) is 39.2 Å². The van der Waals surface area contributed by atoms with Crippen molar-refractivity contribution < 1.29 is 4.74 Å². The zero-order chi connectivity index (χ0) is 12.8. The first-order valence-electron chi connectivity index (χ1n) is 7.18. The first kappa shape index (κ1) is 13.6. The Kier molecular flexibility index (Phi) is 5.21. The van der Waals surface area contributed by atoms with Gasteiger partial charge in [-0.05, 0) is 49.8 Å². The van der Waals surface area contributed by atoms with E-state index in [4.69, 9.17) is 4.74 Å². The van der Waals surface area contributed by atoms with Gasteiger partial charge in [0.05, 0.1) is 0 Å². The largest absolute Gasteiger partial charge is 0.381 e. The number of nitrogens with one attached hydrogen (secondary N) is 1. The van der Waals surface area contributed by atoms with E-state index in [1.165, 1.54) is 30.4 Å². The molecule has 2 heteroatoms. The lowest BCUT2D eigenvalue weighted by Gasteiger charge is -2.23. The fourth-order valence-corrected chi connectivity index (χ4v) is 2.72. The molecule has 0 radical (unpaired) electrons. The summed E-state index contributed by atoms with van der Waals surface area (Å²) in [5.74, 6) is 0.721. The summed E-state index contributed by atoms with van der Waals surface area (Å²) in [5.41, 5.74) is 2.85. The van der Waals surface area contributed by atoms with Crippen molar-refractivity contribution >= 4 is 0 Å². The summed E-state index contributed by atoms with van der Waals surface area (Å²) in [5, 5.41) is 3.70. The number of benzene rings is 1. The molecule has 18 heavy (non-hydrogen) atoms. The molecule has 2 atom stereocenters. The molecule has 1 heterocycles. The third-order valence-corrected chi connectivity index (χ3v) is 3.80. The summed E-state index contributed by atoms with van der Waals surface area (Å²) in [7, 11) is 0. The summed E-state index contributed by atoms with van der Waals surface area (Å²) in [6.45, 7) is 7.41. The highest BCUT2D eigenvalue weighted by atomic mass is 16.5. The minimum absolute atomic E-state index is 0.484. The van der Waals surface area contributed by atoms with Crippen molar-refractivity contribution in [1.29, 1.82) is 0 Å². The van der Waals surface area contributed by atoms with E-state index in [2.05, 4.69) is 43.4 Å². The van der Waals surface area contributed by atoms with Crippen molar-refractivity contribution in [1.82, 2.24) is 5.32 Å². The van der Waals surface area contributed by atoms with Gasteiger partial charge in [0.2, 0.25) is 0 Å². The summed E-state index contributed by atoms with van der Waals surface area (Å²) in [6, 6.07) is 9.22. The summed E-state index contributed by atoms with van der Waals surface area (Å²) >= 11 is 0.